The van der Waals surface area contributed by atoms with E-state index >= 15 is 0 Å². The molecular formula is C26H20BrNO5. The Morgan fingerprint density at radius 3 is 2.79 bits per heavy atom. The van der Waals surface area contributed by atoms with Crippen molar-refractivity contribution in [2.45, 2.75) is 20.0 Å². The molecule has 0 N–H and O–H groups in total. The number of ether oxygens (including phenoxy) is 4. The summed E-state index contributed by atoms with van der Waals surface area (Å²) in [4.78, 5) is 15.3. The maximum Gasteiger partial charge on any atom is 0.231 e. The number of Topliss-reactive ketones (excluding diaryl/α,β-unsaturated/α-hetero) is 1. The van der Waals surface area contributed by atoms with E-state index in [4.69, 9.17) is 18.9 Å². The zero-order valence-electron chi connectivity index (χ0n) is 17.9. The van der Waals surface area contributed by atoms with Crippen molar-refractivity contribution in [3.8, 4) is 23.0 Å². The number of allylic oxidation sites excluding steroid dienone is 1. The SMILES string of the molecule is Cc1c2c(cc3c1O/C(=C\c1cccc(Br)c1)C3=O)CN(Cc1ccc3c(c1)OCO3)CO2. The van der Waals surface area contributed by atoms with Crippen LogP contribution >= 0.6 is 15.9 Å². The Morgan fingerprint density at radius 2 is 1.91 bits per heavy atom. The van der Waals surface area contributed by atoms with Crippen LogP contribution in [0.25, 0.3) is 6.08 Å². The van der Waals surface area contributed by atoms with E-state index in [9.17, 15) is 4.79 Å². The molecule has 3 aromatic rings. The third kappa shape index (κ3) is 3.67. The van der Waals surface area contributed by atoms with E-state index in [0.29, 0.717) is 36.9 Å². The first kappa shape index (κ1) is 20.3. The molecule has 0 amide bonds. The minimum atomic E-state index is -0.108. The molecule has 3 heterocycles. The first-order chi connectivity index (χ1) is 16.0. The van der Waals surface area contributed by atoms with Gasteiger partial charge in [0.15, 0.2) is 17.3 Å². The number of hydrogen-bond donors (Lipinski definition) is 0. The van der Waals surface area contributed by atoms with E-state index in [-0.39, 0.29) is 12.6 Å². The van der Waals surface area contributed by atoms with Crippen molar-refractivity contribution in [2.75, 3.05) is 13.5 Å². The van der Waals surface area contributed by atoms with Crippen LogP contribution in [0.5, 0.6) is 23.0 Å². The number of halogens is 1. The van der Waals surface area contributed by atoms with E-state index in [1.807, 2.05) is 55.5 Å². The minimum absolute atomic E-state index is 0.108. The van der Waals surface area contributed by atoms with Gasteiger partial charge >= 0.3 is 0 Å². The van der Waals surface area contributed by atoms with Gasteiger partial charge in [-0.05, 0) is 54.5 Å². The topological polar surface area (TPSA) is 57.2 Å². The summed E-state index contributed by atoms with van der Waals surface area (Å²) < 4.78 is 23.9. The van der Waals surface area contributed by atoms with Gasteiger partial charge in [-0.3, -0.25) is 9.69 Å². The highest BCUT2D eigenvalue weighted by molar-refractivity contribution is 9.10. The van der Waals surface area contributed by atoms with Crippen molar-refractivity contribution < 1.29 is 23.7 Å². The summed E-state index contributed by atoms with van der Waals surface area (Å²) in [6.07, 6.45) is 1.78. The Morgan fingerprint density at radius 1 is 1.03 bits per heavy atom. The number of rotatable bonds is 3. The zero-order chi connectivity index (χ0) is 22.5. The summed E-state index contributed by atoms with van der Waals surface area (Å²) in [6.45, 7) is 4.04. The molecule has 0 atom stereocenters. The van der Waals surface area contributed by atoms with Crippen LogP contribution in [0.2, 0.25) is 0 Å². The van der Waals surface area contributed by atoms with Gasteiger partial charge in [-0.2, -0.15) is 0 Å². The molecule has 7 heteroatoms. The Bertz CT molecular complexity index is 1330. The molecule has 0 saturated heterocycles. The van der Waals surface area contributed by atoms with Crippen LogP contribution in [0.4, 0.5) is 0 Å². The predicted molar refractivity (Wildman–Crippen MR) is 126 cm³/mol. The Kier molecular flexibility index (Phi) is 4.89. The van der Waals surface area contributed by atoms with E-state index in [2.05, 4.69) is 20.8 Å². The van der Waals surface area contributed by atoms with E-state index in [1.54, 1.807) is 6.08 Å². The second kappa shape index (κ2) is 7.93. The summed E-state index contributed by atoms with van der Waals surface area (Å²) in [7, 11) is 0. The van der Waals surface area contributed by atoms with Crippen molar-refractivity contribution in [2.24, 2.45) is 0 Å². The van der Waals surface area contributed by atoms with Gasteiger partial charge in [-0.15, -0.1) is 0 Å². The summed E-state index contributed by atoms with van der Waals surface area (Å²) in [5, 5.41) is 0. The third-order valence-electron chi connectivity index (χ3n) is 5.99. The van der Waals surface area contributed by atoms with Gasteiger partial charge < -0.3 is 18.9 Å². The maximum absolute atomic E-state index is 13.1. The molecule has 3 aromatic carbocycles. The van der Waals surface area contributed by atoms with Gasteiger partial charge in [0.25, 0.3) is 0 Å². The molecule has 0 aromatic heterocycles. The second-order valence-corrected chi connectivity index (χ2v) is 9.23. The van der Waals surface area contributed by atoms with Crippen LogP contribution in [0, 0.1) is 6.92 Å². The molecule has 0 bridgehead atoms. The molecule has 166 valence electrons. The van der Waals surface area contributed by atoms with E-state index in [0.717, 1.165) is 44.0 Å². The molecule has 3 aliphatic rings. The number of nitrogens with zero attached hydrogens (tertiary/aromatic N) is 1. The average molecular weight is 506 g/mol. The molecule has 6 nitrogen and oxygen atoms in total. The molecule has 0 fully saturated rings. The molecule has 33 heavy (non-hydrogen) atoms. The molecular weight excluding hydrogens is 486 g/mol. The lowest BCUT2D eigenvalue weighted by Crippen LogP contribution is -2.32. The highest BCUT2D eigenvalue weighted by atomic mass is 79.9. The normalized spacial score (nSPS) is 17.5. The third-order valence-corrected chi connectivity index (χ3v) is 6.48. The number of hydrogen-bond acceptors (Lipinski definition) is 6. The van der Waals surface area contributed by atoms with Crippen molar-refractivity contribution >= 4 is 27.8 Å². The lowest BCUT2D eigenvalue weighted by molar-refractivity contribution is 0.0876. The lowest BCUT2D eigenvalue weighted by Gasteiger charge is -2.30. The first-order valence-electron chi connectivity index (χ1n) is 10.6. The summed E-state index contributed by atoms with van der Waals surface area (Å²) >= 11 is 3.47. The monoisotopic (exact) mass is 505 g/mol. The summed E-state index contributed by atoms with van der Waals surface area (Å²) in [5.74, 6) is 3.15. The Balaban J connectivity index is 1.26. The number of ketones is 1. The van der Waals surface area contributed by atoms with Crippen molar-refractivity contribution in [3.05, 3.63) is 86.6 Å². The molecule has 0 saturated carbocycles. The minimum Gasteiger partial charge on any atom is -0.477 e. The quantitative estimate of drug-likeness (QED) is 0.441. The molecule has 6 rings (SSSR count). The van der Waals surface area contributed by atoms with Crippen LogP contribution in [0.1, 0.15) is 32.6 Å². The summed E-state index contributed by atoms with van der Waals surface area (Å²) in [5.41, 5.74) is 4.44. The van der Waals surface area contributed by atoms with E-state index < -0.39 is 0 Å². The highest BCUT2D eigenvalue weighted by Crippen LogP contribution is 2.43. The van der Waals surface area contributed by atoms with Gasteiger partial charge in [-0.25, -0.2) is 0 Å². The van der Waals surface area contributed by atoms with Crippen LogP contribution < -0.4 is 18.9 Å². The van der Waals surface area contributed by atoms with Crippen LogP contribution in [-0.4, -0.2) is 24.2 Å². The summed E-state index contributed by atoms with van der Waals surface area (Å²) in [6, 6.07) is 15.6. The molecule has 0 aliphatic carbocycles. The predicted octanol–water partition coefficient (Wildman–Crippen LogP) is 5.45. The zero-order valence-corrected chi connectivity index (χ0v) is 19.5. The maximum atomic E-state index is 13.1. The number of benzene rings is 3. The van der Waals surface area contributed by atoms with Crippen molar-refractivity contribution in [1.29, 1.82) is 0 Å². The number of carbonyl (C=O) groups excluding carboxylic acids is 1. The average Bonchev–Trinajstić information content (AvgIpc) is 3.39. The highest BCUT2D eigenvalue weighted by Gasteiger charge is 2.33. The fourth-order valence-corrected chi connectivity index (χ4v) is 4.86. The number of fused-ring (bicyclic) bond motifs is 3. The largest absolute Gasteiger partial charge is 0.477 e. The van der Waals surface area contributed by atoms with Crippen LogP contribution in [-0.2, 0) is 13.1 Å². The van der Waals surface area contributed by atoms with Crippen LogP contribution in [0.15, 0.2) is 58.8 Å². The molecule has 0 spiro atoms. The van der Waals surface area contributed by atoms with Gasteiger partial charge in [0.05, 0.1) is 5.56 Å². The fraction of sp³-hybridized carbons (Fsp3) is 0.192. The molecule has 0 unspecified atom stereocenters. The van der Waals surface area contributed by atoms with Gasteiger partial charge in [-0.1, -0.05) is 34.1 Å². The van der Waals surface area contributed by atoms with Crippen molar-refractivity contribution in [1.82, 2.24) is 4.90 Å². The van der Waals surface area contributed by atoms with E-state index in [1.165, 1.54) is 0 Å². The van der Waals surface area contributed by atoms with Gasteiger partial charge in [0.2, 0.25) is 12.6 Å². The van der Waals surface area contributed by atoms with Gasteiger partial charge in [0, 0.05) is 28.7 Å². The molecule has 0 radical (unpaired) electrons. The Labute approximate surface area is 199 Å². The van der Waals surface area contributed by atoms with Gasteiger partial charge in [0.1, 0.15) is 18.2 Å². The van der Waals surface area contributed by atoms with Crippen LogP contribution in [0.3, 0.4) is 0 Å². The lowest BCUT2D eigenvalue weighted by atomic mass is 10.00. The standard InChI is InChI=1S/C26H20BrNO5/c1-15-25-18(12-28(13-30-25)11-17-5-6-21-22(9-17)32-14-31-21)10-20-24(29)23(33-26(15)20)8-16-3-2-4-19(27)7-16/h2-10H,11-14H2,1H3/b23-8-. The van der Waals surface area contributed by atoms with Crippen molar-refractivity contribution in [3.63, 3.8) is 0 Å². The number of carbonyl (C=O) groups is 1. The first-order valence-corrected chi connectivity index (χ1v) is 11.4. The molecule has 3 aliphatic heterocycles. The smallest absolute Gasteiger partial charge is 0.231 e. The second-order valence-electron chi connectivity index (χ2n) is 8.31. The Hall–Kier alpha value is -3.29. The fourth-order valence-electron chi connectivity index (χ4n) is 4.44.